The van der Waals surface area contributed by atoms with Gasteiger partial charge in [0.1, 0.15) is 0 Å². The van der Waals surface area contributed by atoms with Crippen LogP contribution in [0.1, 0.15) is 12.0 Å². The summed E-state index contributed by atoms with van der Waals surface area (Å²) >= 11 is 5.97. The SMILES string of the molecule is COC(OC)n1cc2cc(Cl)cc(CC(=O)O)c2n1. The van der Waals surface area contributed by atoms with E-state index in [0.29, 0.717) is 16.1 Å². The lowest BCUT2D eigenvalue weighted by Crippen LogP contribution is -2.13. The first kappa shape index (κ1) is 13.8. The number of carboxylic acid groups (broad SMARTS) is 1. The Morgan fingerprint density at radius 1 is 1.47 bits per heavy atom. The fourth-order valence-corrected chi connectivity index (χ4v) is 2.15. The predicted molar refractivity (Wildman–Crippen MR) is 69.1 cm³/mol. The maximum absolute atomic E-state index is 10.8. The summed E-state index contributed by atoms with van der Waals surface area (Å²) in [6.07, 6.45) is 0.895. The van der Waals surface area contributed by atoms with Gasteiger partial charge in [0.05, 0.1) is 11.9 Å². The van der Waals surface area contributed by atoms with Gasteiger partial charge in [0.2, 0.25) is 0 Å². The molecule has 6 nitrogen and oxygen atoms in total. The molecule has 2 rings (SSSR count). The molecule has 0 unspecified atom stereocenters. The minimum absolute atomic E-state index is 0.140. The highest BCUT2D eigenvalue weighted by Crippen LogP contribution is 2.25. The molecule has 0 atom stereocenters. The van der Waals surface area contributed by atoms with Crippen LogP contribution in [0.4, 0.5) is 0 Å². The lowest BCUT2D eigenvalue weighted by atomic mass is 10.1. The molecule has 0 saturated carbocycles. The molecule has 1 aromatic carbocycles. The van der Waals surface area contributed by atoms with Crippen molar-refractivity contribution >= 4 is 28.5 Å². The standard InChI is InChI=1S/C12H13ClN2O4/c1-18-12(19-2)15-6-8-4-9(13)3-7(5-10(16)17)11(8)14-15/h3-4,6,12H,5H2,1-2H3,(H,16,17). The number of carbonyl (C=O) groups is 1. The molecule has 0 aliphatic carbocycles. The van der Waals surface area contributed by atoms with Gasteiger partial charge in [-0.1, -0.05) is 11.6 Å². The van der Waals surface area contributed by atoms with E-state index >= 15 is 0 Å². The molecule has 0 spiro atoms. The summed E-state index contributed by atoms with van der Waals surface area (Å²) in [6, 6.07) is 3.32. The second kappa shape index (κ2) is 5.56. The van der Waals surface area contributed by atoms with E-state index in [1.807, 2.05) is 0 Å². The molecular weight excluding hydrogens is 272 g/mol. The van der Waals surface area contributed by atoms with Gasteiger partial charge >= 0.3 is 5.97 Å². The molecule has 1 heterocycles. The van der Waals surface area contributed by atoms with Crippen LogP contribution in [0.15, 0.2) is 18.3 Å². The Morgan fingerprint density at radius 3 is 2.74 bits per heavy atom. The second-order valence-electron chi connectivity index (χ2n) is 3.96. The Kier molecular flexibility index (Phi) is 4.04. The Labute approximate surface area is 114 Å². The average Bonchev–Trinajstić information content (AvgIpc) is 2.73. The minimum atomic E-state index is -0.937. The van der Waals surface area contributed by atoms with E-state index in [0.717, 1.165) is 5.39 Å². The van der Waals surface area contributed by atoms with Gasteiger partial charge in [-0.2, -0.15) is 5.10 Å². The van der Waals surface area contributed by atoms with E-state index in [2.05, 4.69) is 5.10 Å². The Balaban J connectivity index is 2.54. The number of hydrogen-bond acceptors (Lipinski definition) is 4. The van der Waals surface area contributed by atoms with E-state index in [9.17, 15) is 4.79 Å². The monoisotopic (exact) mass is 284 g/mol. The number of benzene rings is 1. The van der Waals surface area contributed by atoms with E-state index < -0.39 is 12.4 Å². The molecule has 1 aromatic heterocycles. The van der Waals surface area contributed by atoms with E-state index in [-0.39, 0.29) is 6.42 Å². The van der Waals surface area contributed by atoms with Crippen molar-refractivity contribution in [3.63, 3.8) is 0 Å². The highest BCUT2D eigenvalue weighted by Gasteiger charge is 2.15. The molecule has 0 bridgehead atoms. The van der Waals surface area contributed by atoms with Crippen molar-refractivity contribution < 1.29 is 19.4 Å². The molecule has 7 heteroatoms. The summed E-state index contributed by atoms with van der Waals surface area (Å²) in [5.41, 5.74) is 1.13. The third-order valence-electron chi connectivity index (χ3n) is 2.63. The topological polar surface area (TPSA) is 73.6 Å². The summed E-state index contributed by atoms with van der Waals surface area (Å²) in [5, 5.41) is 14.4. The third-order valence-corrected chi connectivity index (χ3v) is 2.85. The largest absolute Gasteiger partial charge is 0.481 e. The molecular formula is C12H13ClN2O4. The van der Waals surface area contributed by atoms with Crippen LogP contribution in [0, 0.1) is 0 Å². The van der Waals surface area contributed by atoms with Crippen LogP contribution in [0.5, 0.6) is 0 Å². The van der Waals surface area contributed by atoms with Crippen LogP contribution in [0.25, 0.3) is 10.9 Å². The zero-order chi connectivity index (χ0) is 14.0. The molecule has 0 fully saturated rings. The zero-order valence-electron chi connectivity index (χ0n) is 10.5. The fraction of sp³-hybridized carbons (Fsp3) is 0.333. The molecule has 0 radical (unpaired) electrons. The highest BCUT2D eigenvalue weighted by molar-refractivity contribution is 6.31. The number of hydrogen-bond donors (Lipinski definition) is 1. The molecule has 1 N–H and O–H groups in total. The number of aromatic nitrogens is 2. The van der Waals surface area contributed by atoms with Crippen molar-refractivity contribution in [1.82, 2.24) is 9.78 Å². The Bertz CT molecular complexity index is 607. The number of nitrogens with zero attached hydrogens (tertiary/aromatic N) is 2. The lowest BCUT2D eigenvalue weighted by molar-refractivity contribution is -0.162. The van der Waals surface area contributed by atoms with Crippen molar-refractivity contribution in [2.24, 2.45) is 0 Å². The summed E-state index contributed by atoms with van der Waals surface area (Å²) < 4.78 is 11.7. The van der Waals surface area contributed by atoms with Gasteiger partial charge in [0.15, 0.2) is 0 Å². The van der Waals surface area contributed by atoms with Crippen molar-refractivity contribution in [1.29, 1.82) is 0 Å². The maximum atomic E-state index is 10.8. The number of ether oxygens (including phenoxy) is 2. The molecule has 0 aliphatic heterocycles. The van der Waals surface area contributed by atoms with Gasteiger partial charge in [-0.05, 0) is 17.7 Å². The smallest absolute Gasteiger partial charge is 0.307 e. The molecule has 19 heavy (non-hydrogen) atoms. The number of rotatable bonds is 5. The summed E-state index contributed by atoms with van der Waals surface area (Å²) in [7, 11) is 2.98. The number of carboxylic acids is 1. The normalized spacial score (nSPS) is 11.4. The highest BCUT2D eigenvalue weighted by atomic mass is 35.5. The van der Waals surface area contributed by atoms with Gasteiger partial charge in [-0.25, -0.2) is 4.68 Å². The van der Waals surface area contributed by atoms with Gasteiger partial charge in [-0.3, -0.25) is 4.79 Å². The van der Waals surface area contributed by atoms with Crippen LogP contribution in [0.3, 0.4) is 0 Å². The van der Waals surface area contributed by atoms with Gasteiger partial charge in [0, 0.05) is 30.8 Å². The third kappa shape index (κ3) is 2.86. The maximum Gasteiger partial charge on any atom is 0.307 e. The molecule has 102 valence electrons. The van der Waals surface area contributed by atoms with Crippen LogP contribution >= 0.6 is 11.6 Å². The fourth-order valence-electron chi connectivity index (χ4n) is 1.90. The molecule has 0 aliphatic rings. The quantitative estimate of drug-likeness (QED) is 0.851. The Hall–Kier alpha value is -1.63. The van der Waals surface area contributed by atoms with Gasteiger partial charge < -0.3 is 14.6 Å². The van der Waals surface area contributed by atoms with E-state index in [1.54, 1.807) is 18.3 Å². The van der Waals surface area contributed by atoms with Gasteiger partial charge in [-0.15, -0.1) is 0 Å². The van der Waals surface area contributed by atoms with Crippen molar-refractivity contribution in [2.45, 2.75) is 12.8 Å². The second-order valence-corrected chi connectivity index (χ2v) is 4.40. The first-order valence-electron chi connectivity index (χ1n) is 5.50. The Morgan fingerprint density at radius 2 is 2.16 bits per heavy atom. The minimum Gasteiger partial charge on any atom is -0.481 e. The van der Waals surface area contributed by atoms with Crippen LogP contribution in [-0.4, -0.2) is 35.1 Å². The first-order chi connectivity index (χ1) is 9.05. The van der Waals surface area contributed by atoms with Gasteiger partial charge in [0.25, 0.3) is 6.41 Å². The van der Waals surface area contributed by atoms with Crippen molar-refractivity contribution in [3.05, 3.63) is 28.9 Å². The van der Waals surface area contributed by atoms with Crippen molar-refractivity contribution in [3.8, 4) is 0 Å². The van der Waals surface area contributed by atoms with Crippen LogP contribution in [0.2, 0.25) is 5.02 Å². The molecule has 0 saturated heterocycles. The molecule has 0 amide bonds. The number of methoxy groups -OCH3 is 2. The average molecular weight is 285 g/mol. The lowest BCUT2D eigenvalue weighted by Gasteiger charge is -2.12. The van der Waals surface area contributed by atoms with E-state index in [4.69, 9.17) is 26.2 Å². The summed E-state index contributed by atoms with van der Waals surface area (Å²) in [5.74, 6) is -0.937. The number of fused-ring (bicyclic) bond motifs is 1. The summed E-state index contributed by atoms with van der Waals surface area (Å²) in [6.45, 7) is 0. The number of halogens is 1. The zero-order valence-corrected chi connectivity index (χ0v) is 11.2. The predicted octanol–water partition coefficient (Wildman–Crippen LogP) is 2.07. The first-order valence-corrected chi connectivity index (χ1v) is 5.87. The molecule has 2 aromatic rings. The van der Waals surface area contributed by atoms with Crippen LogP contribution < -0.4 is 0 Å². The van der Waals surface area contributed by atoms with Crippen molar-refractivity contribution in [2.75, 3.05) is 14.2 Å². The number of aliphatic carboxylic acids is 1. The van der Waals surface area contributed by atoms with E-state index in [1.165, 1.54) is 18.9 Å². The van der Waals surface area contributed by atoms with Crippen LogP contribution in [-0.2, 0) is 20.7 Å². The summed E-state index contributed by atoms with van der Waals surface area (Å²) in [4.78, 5) is 10.8.